The molecular weight excluding hydrogens is 286 g/mol. The van der Waals surface area contributed by atoms with Crippen molar-refractivity contribution in [1.82, 2.24) is 4.90 Å². The molecule has 1 atom stereocenters. The number of likely N-dealkylation sites (N-methyl/N-ethyl adjacent to an activating group) is 1. The second kappa shape index (κ2) is 8.56. The Hall–Kier alpha value is -1.69. The van der Waals surface area contributed by atoms with Gasteiger partial charge >= 0.3 is 0 Å². The fourth-order valence-electron chi connectivity index (χ4n) is 2.05. The summed E-state index contributed by atoms with van der Waals surface area (Å²) in [6.45, 7) is 2.09. The van der Waals surface area contributed by atoms with Crippen LogP contribution in [0.2, 0.25) is 0 Å². The van der Waals surface area contributed by atoms with Crippen LogP contribution in [0.5, 0.6) is 0 Å². The number of amides is 1. The maximum atomic E-state index is 12.3. The standard InChI is InChI=1S/C15H23N3O2S/c1-4-13(10-21-3)18(2)14(19)9-11-5-7-12(8-6-11)15(16)17-20/h5-8,13,20H,4,9-10H2,1-3H3,(H2,16,17). The van der Waals surface area contributed by atoms with Gasteiger partial charge in [0.15, 0.2) is 5.84 Å². The van der Waals surface area contributed by atoms with Crippen LogP contribution in [0.15, 0.2) is 29.4 Å². The summed E-state index contributed by atoms with van der Waals surface area (Å²) < 4.78 is 0. The smallest absolute Gasteiger partial charge is 0.227 e. The first-order valence-electron chi connectivity index (χ1n) is 6.84. The second-order valence-electron chi connectivity index (χ2n) is 4.88. The largest absolute Gasteiger partial charge is 0.409 e. The monoisotopic (exact) mass is 309 g/mol. The van der Waals surface area contributed by atoms with Crippen LogP contribution in [0.1, 0.15) is 24.5 Å². The lowest BCUT2D eigenvalue weighted by Crippen LogP contribution is -2.39. The number of carbonyl (C=O) groups excluding carboxylic acids is 1. The summed E-state index contributed by atoms with van der Waals surface area (Å²) in [6, 6.07) is 7.42. The van der Waals surface area contributed by atoms with E-state index in [-0.39, 0.29) is 17.8 Å². The van der Waals surface area contributed by atoms with Crippen LogP contribution in [0, 0.1) is 0 Å². The number of hydrogen-bond donors (Lipinski definition) is 2. The Morgan fingerprint density at radius 1 is 1.43 bits per heavy atom. The van der Waals surface area contributed by atoms with E-state index in [9.17, 15) is 4.79 Å². The average Bonchev–Trinajstić information content (AvgIpc) is 2.51. The molecule has 6 heteroatoms. The molecule has 1 aromatic carbocycles. The normalized spacial score (nSPS) is 13.0. The third-order valence-electron chi connectivity index (χ3n) is 3.48. The number of nitrogens with zero attached hydrogens (tertiary/aromatic N) is 2. The zero-order chi connectivity index (χ0) is 15.8. The van der Waals surface area contributed by atoms with Crippen molar-refractivity contribution >= 4 is 23.5 Å². The molecule has 0 fully saturated rings. The minimum absolute atomic E-state index is 0.0658. The van der Waals surface area contributed by atoms with E-state index in [4.69, 9.17) is 10.9 Å². The zero-order valence-electron chi connectivity index (χ0n) is 12.7. The molecular formula is C15H23N3O2S. The van der Waals surface area contributed by atoms with Crippen molar-refractivity contribution in [2.45, 2.75) is 25.8 Å². The molecule has 1 rings (SSSR count). The lowest BCUT2D eigenvalue weighted by molar-refractivity contribution is -0.130. The van der Waals surface area contributed by atoms with Crippen molar-refractivity contribution in [2.75, 3.05) is 19.1 Å². The topological polar surface area (TPSA) is 78.9 Å². The maximum Gasteiger partial charge on any atom is 0.227 e. The predicted molar refractivity (Wildman–Crippen MR) is 87.9 cm³/mol. The van der Waals surface area contributed by atoms with Crippen LogP contribution in [-0.2, 0) is 11.2 Å². The first-order valence-corrected chi connectivity index (χ1v) is 8.24. The summed E-state index contributed by atoms with van der Waals surface area (Å²) >= 11 is 1.75. The van der Waals surface area contributed by atoms with E-state index in [1.54, 1.807) is 23.9 Å². The fraction of sp³-hybridized carbons (Fsp3) is 0.467. The van der Waals surface area contributed by atoms with Gasteiger partial charge in [0.2, 0.25) is 5.91 Å². The van der Waals surface area contributed by atoms with E-state index in [1.807, 2.05) is 30.3 Å². The van der Waals surface area contributed by atoms with Gasteiger partial charge in [0.05, 0.1) is 6.42 Å². The van der Waals surface area contributed by atoms with E-state index >= 15 is 0 Å². The molecule has 0 heterocycles. The molecule has 116 valence electrons. The highest BCUT2D eigenvalue weighted by molar-refractivity contribution is 7.98. The minimum Gasteiger partial charge on any atom is -0.409 e. The van der Waals surface area contributed by atoms with Gasteiger partial charge < -0.3 is 15.8 Å². The van der Waals surface area contributed by atoms with Gasteiger partial charge in [0.1, 0.15) is 0 Å². The van der Waals surface area contributed by atoms with Crippen molar-refractivity contribution in [3.8, 4) is 0 Å². The molecule has 0 aliphatic carbocycles. The summed E-state index contributed by atoms with van der Waals surface area (Å²) in [7, 11) is 1.86. The van der Waals surface area contributed by atoms with Gasteiger partial charge in [-0.05, 0) is 18.2 Å². The summed E-state index contributed by atoms with van der Waals surface area (Å²) in [5.41, 5.74) is 7.06. The van der Waals surface area contributed by atoms with Crippen LogP contribution < -0.4 is 5.73 Å². The molecule has 0 radical (unpaired) electrons. The molecule has 0 bridgehead atoms. The molecule has 1 aromatic rings. The van der Waals surface area contributed by atoms with E-state index in [0.717, 1.165) is 17.7 Å². The molecule has 0 saturated carbocycles. The van der Waals surface area contributed by atoms with Crippen molar-refractivity contribution in [3.05, 3.63) is 35.4 Å². The number of hydrogen-bond acceptors (Lipinski definition) is 4. The van der Waals surface area contributed by atoms with Gasteiger partial charge in [-0.15, -0.1) is 0 Å². The maximum absolute atomic E-state index is 12.3. The lowest BCUT2D eigenvalue weighted by Gasteiger charge is -2.27. The molecule has 0 aliphatic heterocycles. The van der Waals surface area contributed by atoms with Crippen molar-refractivity contribution < 1.29 is 10.0 Å². The van der Waals surface area contributed by atoms with Gasteiger partial charge in [-0.2, -0.15) is 11.8 Å². The average molecular weight is 309 g/mol. The molecule has 3 N–H and O–H groups in total. The highest BCUT2D eigenvalue weighted by atomic mass is 32.2. The summed E-state index contributed by atoms with van der Waals surface area (Å²) in [5.74, 6) is 1.12. The Morgan fingerprint density at radius 2 is 2.05 bits per heavy atom. The SMILES string of the molecule is CCC(CSC)N(C)C(=O)Cc1ccc(/C(N)=N/O)cc1. The second-order valence-corrected chi connectivity index (χ2v) is 5.79. The third kappa shape index (κ3) is 4.97. The van der Waals surface area contributed by atoms with Crippen LogP contribution in [-0.4, -0.2) is 46.9 Å². The molecule has 0 spiro atoms. The van der Waals surface area contributed by atoms with Crippen molar-refractivity contribution in [2.24, 2.45) is 10.9 Å². The lowest BCUT2D eigenvalue weighted by atomic mass is 10.1. The number of oxime groups is 1. The Kier molecular flexibility index (Phi) is 7.08. The Balaban J connectivity index is 2.70. The molecule has 5 nitrogen and oxygen atoms in total. The van der Waals surface area contributed by atoms with Crippen LogP contribution in [0.4, 0.5) is 0 Å². The Morgan fingerprint density at radius 3 is 2.52 bits per heavy atom. The van der Waals surface area contributed by atoms with E-state index in [1.165, 1.54) is 0 Å². The fourth-order valence-corrected chi connectivity index (χ4v) is 2.89. The third-order valence-corrected chi connectivity index (χ3v) is 4.20. The van der Waals surface area contributed by atoms with Crippen LogP contribution in [0.3, 0.4) is 0 Å². The Labute approximate surface area is 130 Å². The predicted octanol–water partition coefficient (Wildman–Crippen LogP) is 1.92. The zero-order valence-corrected chi connectivity index (χ0v) is 13.6. The number of rotatable bonds is 7. The molecule has 0 aromatic heterocycles. The van der Waals surface area contributed by atoms with Gasteiger partial charge in [-0.25, -0.2) is 0 Å². The number of thioether (sulfide) groups is 1. The summed E-state index contributed by atoms with van der Waals surface area (Å²) in [6.07, 6.45) is 3.36. The quantitative estimate of drug-likeness (QED) is 0.349. The first kappa shape index (κ1) is 17.4. The Bertz CT molecular complexity index is 488. The van der Waals surface area contributed by atoms with Gasteiger partial charge in [-0.1, -0.05) is 36.3 Å². The van der Waals surface area contributed by atoms with E-state index in [2.05, 4.69) is 12.1 Å². The number of carbonyl (C=O) groups is 1. The van der Waals surface area contributed by atoms with Crippen molar-refractivity contribution in [3.63, 3.8) is 0 Å². The van der Waals surface area contributed by atoms with Crippen LogP contribution >= 0.6 is 11.8 Å². The van der Waals surface area contributed by atoms with Crippen LogP contribution in [0.25, 0.3) is 0 Å². The molecule has 1 unspecified atom stereocenters. The number of nitrogens with two attached hydrogens (primary N) is 1. The highest BCUT2D eigenvalue weighted by Gasteiger charge is 2.18. The molecule has 21 heavy (non-hydrogen) atoms. The van der Waals surface area contributed by atoms with Gasteiger partial charge in [0.25, 0.3) is 0 Å². The molecule has 0 saturated heterocycles. The molecule has 0 aliphatic rings. The molecule has 1 amide bonds. The summed E-state index contributed by atoms with van der Waals surface area (Å²) in [5, 5.41) is 11.6. The number of benzene rings is 1. The first-order chi connectivity index (χ1) is 10.0. The van der Waals surface area contributed by atoms with Gasteiger partial charge in [0, 0.05) is 24.4 Å². The van der Waals surface area contributed by atoms with E-state index < -0.39 is 0 Å². The minimum atomic E-state index is 0.0658. The van der Waals surface area contributed by atoms with E-state index in [0.29, 0.717) is 12.0 Å². The van der Waals surface area contributed by atoms with Gasteiger partial charge in [-0.3, -0.25) is 4.79 Å². The van der Waals surface area contributed by atoms with Crippen molar-refractivity contribution in [1.29, 1.82) is 0 Å². The summed E-state index contributed by atoms with van der Waals surface area (Å²) in [4.78, 5) is 14.1. The highest BCUT2D eigenvalue weighted by Crippen LogP contribution is 2.12. The number of amidine groups is 1.